The number of fused-ring (bicyclic) bond motifs is 1. The molecule has 0 bridgehead atoms. The van der Waals surface area contributed by atoms with Gasteiger partial charge >= 0.3 is 11.7 Å². The van der Waals surface area contributed by atoms with Crippen LogP contribution >= 0.6 is 0 Å². The summed E-state index contributed by atoms with van der Waals surface area (Å²) in [5.74, 6) is -1.23. The van der Waals surface area contributed by atoms with E-state index in [9.17, 15) is 14.4 Å². The summed E-state index contributed by atoms with van der Waals surface area (Å²) < 4.78 is 2.91. The van der Waals surface area contributed by atoms with E-state index < -0.39 is 11.5 Å². The summed E-state index contributed by atoms with van der Waals surface area (Å²) in [7, 11) is 1.66. The van der Waals surface area contributed by atoms with E-state index in [1.54, 1.807) is 27.0 Å². The number of aliphatic carboxylic acids is 1. The number of carboxylic acid groups (broad SMARTS) is 1. The Morgan fingerprint density at radius 1 is 1.22 bits per heavy atom. The summed E-state index contributed by atoms with van der Waals surface area (Å²) in [6, 6.07) is 7.26. The molecule has 1 aromatic carbocycles. The zero-order valence-corrected chi connectivity index (χ0v) is 13.5. The van der Waals surface area contributed by atoms with Crippen molar-refractivity contribution in [2.75, 3.05) is 0 Å². The summed E-state index contributed by atoms with van der Waals surface area (Å²) in [5.41, 5.74) is 0.544. The number of carbonyl (C=O) groups excluding carboxylic acids is 1. The second-order valence-electron chi connectivity index (χ2n) is 6.24. The van der Waals surface area contributed by atoms with Gasteiger partial charge in [-0.15, -0.1) is 0 Å². The van der Waals surface area contributed by atoms with Gasteiger partial charge in [0, 0.05) is 19.0 Å². The molecule has 2 rings (SSSR count). The zero-order valence-electron chi connectivity index (χ0n) is 13.5. The Balaban J connectivity index is 2.17. The molecule has 124 valence electrons. The summed E-state index contributed by atoms with van der Waals surface area (Å²) in [4.78, 5) is 35.2. The molecule has 0 saturated heterocycles. The first-order valence-electron chi connectivity index (χ1n) is 7.38. The molecule has 0 saturated carbocycles. The van der Waals surface area contributed by atoms with Gasteiger partial charge in [-0.2, -0.15) is 0 Å². The SMILES string of the molecule is Cn1c(=O)n(CC(=O)NC(C)(C)CCC(=O)O)c2ccccc21. The molecule has 1 amide bonds. The Morgan fingerprint density at radius 3 is 2.43 bits per heavy atom. The Bertz CT molecular complexity index is 801. The fourth-order valence-electron chi connectivity index (χ4n) is 2.56. The molecule has 1 heterocycles. The van der Waals surface area contributed by atoms with Crippen molar-refractivity contribution in [3.8, 4) is 0 Å². The lowest BCUT2D eigenvalue weighted by Crippen LogP contribution is -2.46. The normalized spacial score (nSPS) is 11.6. The quantitative estimate of drug-likeness (QED) is 0.834. The minimum absolute atomic E-state index is 0.0263. The highest BCUT2D eigenvalue weighted by atomic mass is 16.4. The second-order valence-corrected chi connectivity index (χ2v) is 6.24. The molecular weight excluding hydrogens is 298 g/mol. The van der Waals surface area contributed by atoms with Gasteiger partial charge in [0.1, 0.15) is 6.54 Å². The maximum atomic E-state index is 12.3. The largest absolute Gasteiger partial charge is 0.481 e. The second kappa shape index (κ2) is 6.28. The number of imidazole rings is 1. The van der Waals surface area contributed by atoms with Crippen LogP contribution in [0, 0.1) is 0 Å². The predicted octanol–water partition coefficient (Wildman–Crippen LogP) is 1.10. The Labute approximate surface area is 133 Å². The predicted molar refractivity (Wildman–Crippen MR) is 86.3 cm³/mol. The van der Waals surface area contributed by atoms with Gasteiger partial charge < -0.3 is 10.4 Å². The molecule has 1 aromatic heterocycles. The molecule has 0 spiro atoms. The molecule has 0 fully saturated rings. The van der Waals surface area contributed by atoms with Crippen molar-refractivity contribution in [1.29, 1.82) is 0 Å². The number of aromatic nitrogens is 2. The van der Waals surface area contributed by atoms with E-state index in [0.29, 0.717) is 11.9 Å². The number of nitrogens with zero attached hydrogens (tertiary/aromatic N) is 2. The Hall–Kier alpha value is -2.57. The van der Waals surface area contributed by atoms with Crippen LogP contribution in [0.4, 0.5) is 0 Å². The molecule has 7 heteroatoms. The van der Waals surface area contributed by atoms with E-state index >= 15 is 0 Å². The summed E-state index contributed by atoms with van der Waals surface area (Å²) in [5, 5.41) is 11.5. The van der Waals surface area contributed by atoms with Crippen LogP contribution in [0.25, 0.3) is 11.0 Å². The molecule has 2 N–H and O–H groups in total. The minimum atomic E-state index is -0.905. The highest BCUT2D eigenvalue weighted by Crippen LogP contribution is 2.13. The fourth-order valence-corrected chi connectivity index (χ4v) is 2.56. The van der Waals surface area contributed by atoms with Crippen molar-refractivity contribution in [2.45, 2.75) is 38.8 Å². The number of hydrogen-bond acceptors (Lipinski definition) is 3. The first-order chi connectivity index (χ1) is 10.7. The molecule has 0 aliphatic heterocycles. The van der Waals surface area contributed by atoms with E-state index in [2.05, 4.69) is 5.32 Å². The van der Waals surface area contributed by atoms with Crippen LogP contribution in [0.5, 0.6) is 0 Å². The van der Waals surface area contributed by atoms with Crippen molar-refractivity contribution < 1.29 is 14.7 Å². The molecule has 23 heavy (non-hydrogen) atoms. The van der Waals surface area contributed by atoms with Crippen LogP contribution in [0.15, 0.2) is 29.1 Å². The average molecular weight is 319 g/mol. The first-order valence-corrected chi connectivity index (χ1v) is 7.38. The lowest BCUT2D eigenvalue weighted by atomic mass is 9.98. The van der Waals surface area contributed by atoms with Crippen LogP contribution in [-0.4, -0.2) is 31.7 Å². The molecular formula is C16H21N3O4. The molecule has 0 atom stereocenters. The number of amides is 1. The monoisotopic (exact) mass is 319 g/mol. The Morgan fingerprint density at radius 2 is 1.83 bits per heavy atom. The molecule has 0 radical (unpaired) electrons. The lowest BCUT2D eigenvalue weighted by Gasteiger charge is -2.25. The third-order valence-electron chi connectivity index (χ3n) is 3.80. The smallest absolute Gasteiger partial charge is 0.329 e. The summed E-state index contributed by atoms with van der Waals surface area (Å²) >= 11 is 0. The number of nitrogens with one attached hydrogen (secondary N) is 1. The van der Waals surface area contributed by atoms with Crippen molar-refractivity contribution in [1.82, 2.24) is 14.5 Å². The first kappa shape index (κ1) is 16.8. The van der Waals surface area contributed by atoms with Gasteiger partial charge in [0.2, 0.25) is 5.91 Å². The van der Waals surface area contributed by atoms with Crippen LogP contribution in [0.3, 0.4) is 0 Å². The van der Waals surface area contributed by atoms with Crippen LogP contribution < -0.4 is 11.0 Å². The molecule has 0 aliphatic carbocycles. The average Bonchev–Trinajstić information content (AvgIpc) is 2.70. The van der Waals surface area contributed by atoms with Gasteiger partial charge in [0.15, 0.2) is 0 Å². The number of carboxylic acids is 1. The Kier molecular flexibility index (Phi) is 4.58. The minimum Gasteiger partial charge on any atom is -0.481 e. The van der Waals surface area contributed by atoms with Gasteiger partial charge in [0.05, 0.1) is 11.0 Å². The fraction of sp³-hybridized carbons (Fsp3) is 0.438. The van der Waals surface area contributed by atoms with Gasteiger partial charge in [-0.3, -0.25) is 18.7 Å². The highest BCUT2D eigenvalue weighted by molar-refractivity contribution is 5.81. The van der Waals surface area contributed by atoms with E-state index in [-0.39, 0.29) is 24.6 Å². The topological polar surface area (TPSA) is 93.3 Å². The number of aryl methyl sites for hydroxylation is 1. The third kappa shape index (κ3) is 3.80. The van der Waals surface area contributed by atoms with E-state index in [4.69, 9.17) is 5.11 Å². The maximum Gasteiger partial charge on any atom is 0.329 e. The number of rotatable bonds is 6. The van der Waals surface area contributed by atoms with Crippen LogP contribution in [0.1, 0.15) is 26.7 Å². The van der Waals surface area contributed by atoms with E-state index in [0.717, 1.165) is 5.52 Å². The standard InChI is InChI=1S/C16H21N3O4/c1-16(2,9-8-14(21)22)17-13(20)10-19-12-7-5-4-6-11(12)18(3)15(19)23/h4-7H,8-10H2,1-3H3,(H,17,20)(H,21,22). The number of benzene rings is 1. The van der Waals surface area contributed by atoms with Crippen molar-refractivity contribution in [3.63, 3.8) is 0 Å². The number of hydrogen-bond donors (Lipinski definition) is 2. The van der Waals surface area contributed by atoms with Gasteiger partial charge in [0.25, 0.3) is 0 Å². The van der Waals surface area contributed by atoms with Gasteiger partial charge in [-0.05, 0) is 32.4 Å². The van der Waals surface area contributed by atoms with Gasteiger partial charge in [-0.1, -0.05) is 12.1 Å². The van der Waals surface area contributed by atoms with Gasteiger partial charge in [-0.25, -0.2) is 4.79 Å². The van der Waals surface area contributed by atoms with Crippen molar-refractivity contribution in [3.05, 3.63) is 34.7 Å². The number of carbonyl (C=O) groups is 2. The number of para-hydroxylation sites is 2. The van der Waals surface area contributed by atoms with E-state index in [1.165, 1.54) is 9.13 Å². The van der Waals surface area contributed by atoms with Crippen molar-refractivity contribution in [2.24, 2.45) is 7.05 Å². The molecule has 0 aliphatic rings. The highest BCUT2D eigenvalue weighted by Gasteiger charge is 2.22. The molecule has 2 aromatic rings. The lowest BCUT2D eigenvalue weighted by molar-refractivity contribution is -0.137. The molecule has 7 nitrogen and oxygen atoms in total. The molecule has 0 unspecified atom stereocenters. The third-order valence-corrected chi connectivity index (χ3v) is 3.80. The van der Waals surface area contributed by atoms with Crippen molar-refractivity contribution >= 4 is 22.9 Å². The van der Waals surface area contributed by atoms with Crippen LogP contribution in [-0.2, 0) is 23.2 Å². The summed E-state index contributed by atoms with van der Waals surface area (Å²) in [6.45, 7) is 3.43. The summed E-state index contributed by atoms with van der Waals surface area (Å²) in [6.07, 6.45) is 0.292. The van der Waals surface area contributed by atoms with E-state index in [1.807, 2.05) is 18.2 Å². The van der Waals surface area contributed by atoms with Crippen LogP contribution in [0.2, 0.25) is 0 Å². The zero-order chi connectivity index (χ0) is 17.2. The maximum absolute atomic E-state index is 12.3.